The van der Waals surface area contributed by atoms with Crippen LogP contribution in [0.3, 0.4) is 0 Å². The molecule has 7 N–H and O–H groups in total. The van der Waals surface area contributed by atoms with E-state index in [0.717, 1.165) is 6.92 Å². The van der Waals surface area contributed by atoms with E-state index in [9.17, 15) is 53.7 Å². The number of benzene rings is 2. The number of carbonyl (C=O) groups excluding carboxylic acids is 9. The number of aliphatic hydroxyl groups is 3. The van der Waals surface area contributed by atoms with Crippen LogP contribution in [0.1, 0.15) is 103 Å². The third kappa shape index (κ3) is 11.8. The summed E-state index contributed by atoms with van der Waals surface area (Å²) in [6.45, 7) is 9.89. The van der Waals surface area contributed by atoms with Crippen LogP contribution in [0.15, 0.2) is 71.8 Å². The van der Waals surface area contributed by atoms with Crippen molar-refractivity contribution in [2.24, 2.45) is 28.4 Å². The molecule has 3 amide bonds. The molecule has 1 saturated heterocycles. The number of hydrogen-bond donors (Lipinski definition) is 6. The second-order valence-electron chi connectivity index (χ2n) is 22.0. The Kier molecular flexibility index (Phi) is 16.6. The number of esters is 5. The van der Waals surface area contributed by atoms with Gasteiger partial charge in [-0.2, -0.15) is 0 Å². The zero-order chi connectivity index (χ0) is 56.6. The molecule has 3 saturated carbocycles. The predicted molar refractivity (Wildman–Crippen MR) is 263 cm³/mol. The fourth-order valence-corrected chi connectivity index (χ4v) is 11.3. The van der Waals surface area contributed by atoms with Gasteiger partial charge in [0.15, 0.2) is 18.0 Å². The molecule has 77 heavy (non-hydrogen) atoms. The molecule has 0 radical (unpaired) electrons. The van der Waals surface area contributed by atoms with Gasteiger partial charge in [0.05, 0.1) is 42.1 Å². The van der Waals surface area contributed by atoms with Crippen LogP contribution in [0.4, 0.5) is 9.59 Å². The van der Waals surface area contributed by atoms with E-state index in [4.69, 9.17) is 43.6 Å². The number of fused-ring (bicyclic) bond motifs is 5. The standard InChI is InChI=1S/C54H67N3O20/c1-27-33(23-54(69)44(75-46(65)31-17-13-10-14-18-31)42-52(8,43(63)40(62)38(27)51(54,6)7)34(59)22-35-53(42,26-72-35)76-28(2)58)73-47(66)41(39(30-19-20-30)57-49(68)77-50(3,4)5)74-37(61)25-70-36(60)21-32(45(55)64)56-48(67)71-24-29-15-11-9-12-16-29/h9-18,30,32-35,39-42,44,59,62,69H,19-26H2,1-8H3,(H2,55,64)(H,56,67)(H,57,68)/t32?,33-,34-,35+,39?,40+,41?,42-,44-,52+,53-,54+/m0/s1. The number of ether oxygens (including phenoxy) is 8. The Bertz CT molecular complexity index is 2670. The molecule has 1 heterocycles. The molecule has 4 fully saturated rings. The van der Waals surface area contributed by atoms with Crippen LogP contribution in [0.25, 0.3) is 0 Å². The normalized spacial score (nSPS) is 29.3. The van der Waals surface area contributed by atoms with Crippen LogP contribution in [0.2, 0.25) is 0 Å². The number of aliphatic hydroxyl groups excluding tert-OH is 2. The van der Waals surface area contributed by atoms with E-state index >= 15 is 4.79 Å². The highest BCUT2D eigenvalue weighted by atomic mass is 16.6. The number of rotatable bonds is 17. The molecule has 23 nitrogen and oxygen atoms in total. The summed E-state index contributed by atoms with van der Waals surface area (Å²) in [5.41, 5.74) is -3.32. The predicted octanol–water partition coefficient (Wildman–Crippen LogP) is 2.56. The molecule has 2 bridgehead atoms. The molecule has 3 unspecified atom stereocenters. The van der Waals surface area contributed by atoms with Gasteiger partial charge in [-0.15, -0.1) is 0 Å². The van der Waals surface area contributed by atoms with Crippen molar-refractivity contribution in [2.75, 3.05) is 13.2 Å². The highest BCUT2D eigenvalue weighted by Gasteiger charge is 2.78. The minimum atomic E-state index is -2.50. The zero-order valence-corrected chi connectivity index (χ0v) is 44.1. The third-order valence-electron chi connectivity index (χ3n) is 15.4. The summed E-state index contributed by atoms with van der Waals surface area (Å²) in [5.74, 6) is -10.0. The number of ketones is 1. The monoisotopic (exact) mass is 1080 g/mol. The highest BCUT2D eigenvalue weighted by molar-refractivity contribution is 5.94. The number of carbonyl (C=O) groups is 9. The molecule has 0 spiro atoms. The second kappa shape index (κ2) is 22.2. The zero-order valence-electron chi connectivity index (χ0n) is 44.1. The van der Waals surface area contributed by atoms with E-state index in [2.05, 4.69) is 10.6 Å². The molecule has 0 aromatic heterocycles. The van der Waals surface area contributed by atoms with Gasteiger partial charge in [-0.3, -0.25) is 19.2 Å². The van der Waals surface area contributed by atoms with Crippen LogP contribution < -0.4 is 16.4 Å². The molecule has 23 heteroatoms. The van der Waals surface area contributed by atoms with Crippen LogP contribution in [-0.2, 0) is 73.3 Å². The summed E-state index contributed by atoms with van der Waals surface area (Å²) in [6, 6.07) is 13.2. The van der Waals surface area contributed by atoms with Crippen molar-refractivity contribution < 1.29 is 96.4 Å². The van der Waals surface area contributed by atoms with Gasteiger partial charge in [-0.1, -0.05) is 62.4 Å². The van der Waals surface area contributed by atoms with Crippen LogP contribution >= 0.6 is 0 Å². The Morgan fingerprint density at radius 1 is 0.870 bits per heavy atom. The molecular formula is C54H67N3O20. The topological polar surface area (TPSA) is 338 Å². The largest absolute Gasteiger partial charge is 0.455 e. The smallest absolute Gasteiger partial charge is 0.408 e. The van der Waals surface area contributed by atoms with Gasteiger partial charge in [0, 0.05) is 25.2 Å². The number of primary amides is 1. The second-order valence-corrected chi connectivity index (χ2v) is 22.0. The highest BCUT2D eigenvalue weighted by Crippen LogP contribution is 2.64. The van der Waals surface area contributed by atoms with Gasteiger partial charge in [0.1, 0.15) is 48.3 Å². The number of nitrogens with two attached hydrogens (primary N) is 1. The van der Waals surface area contributed by atoms with Crippen LogP contribution in [0.5, 0.6) is 0 Å². The number of nitrogens with one attached hydrogen (secondary N) is 2. The Labute approximate surface area is 443 Å². The first-order valence-electron chi connectivity index (χ1n) is 25.3. The van der Waals surface area contributed by atoms with Crippen molar-refractivity contribution in [3.05, 3.63) is 82.9 Å². The number of amides is 3. The SMILES string of the molecule is CC(=O)O[C@@]12CO[C@@H]1C[C@H](O)[C@@]1(C)C(=O)[C@H](O)C3=C(C)[C@@H](OC(=O)C(OC(=O)COC(=O)CC(NC(=O)OCc4ccccc4)C(N)=O)C(NC(=O)OC(C)(C)C)C4CC4)C[C@@](O)([C@@H](OC(=O)c4ccccc4)[C@H]21)C3(C)C. The van der Waals surface area contributed by atoms with Gasteiger partial charge >= 0.3 is 42.0 Å². The minimum Gasteiger partial charge on any atom is -0.455 e. The minimum absolute atomic E-state index is 0.0107. The molecule has 12 atom stereocenters. The molecule has 4 aliphatic carbocycles. The molecular weight excluding hydrogens is 1010 g/mol. The molecule has 418 valence electrons. The lowest BCUT2D eigenvalue weighted by Crippen LogP contribution is -2.81. The number of alkyl carbamates (subject to hydrolysis) is 2. The maximum atomic E-state index is 15.2. The molecule has 2 aromatic rings. The number of Topliss-reactive ketones (excluding diaryl/α,β-unsaturated/α-hetero) is 1. The average molecular weight is 1080 g/mol. The summed E-state index contributed by atoms with van der Waals surface area (Å²) in [6.07, 6.45) is -13.5. The summed E-state index contributed by atoms with van der Waals surface area (Å²) >= 11 is 0. The average Bonchev–Trinajstić information content (AvgIpc) is 4.22. The maximum absolute atomic E-state index is 15.2. The van der Waals surface area contributed by atoms with E-state index in [0.29, 0.717) is 18.4 Å². The lowest BCUT2D eigenvalue weighted by molar-refractivity contribution is -0.346. The fourth-order valence-electron chi connectivity index (χ4n) is 11.3. The van der Waals surface area contributed by atoms with Crippen LogP contribution in [-0.4, -0.2) is 148 Å². The van der Waals surface area contributed by atoms with E-state index in [1.807, 2.05) is 0 Å². The van der Waals surface area contributed by atoms with Gasteiger partial charge in [-0.05, 0) is 82.2 Å². The van der Waals surface area contributed by atoms with E-state index in [1.165, 1.54) is 39.8 Å². The van der Waals surface area contributed by atoms with Gasteiger partial charge < -0.3 is 69.6 Å². The van der Waals surface area contributed by atoms with Gasteiger partial charge in [-0.25, -0.2) is 24.0 Å². The lowest BCUT2D eigenvalue weighted by Gasteiger charge is -2.67. The Morgan fingerprint density at radius 2 is 1.51 bits per heavy atom. The van der Waals surface area contributed by atoms with Gasteiger partial charge in [0.2, 0.25) is 12.0 Å². The molecule has 2 aromatic carbocycles. The van der Waals surface area contributed by atoms with E-state index < -0.39 is 161 Å². The van der Waals surface area contributed by atoms with Crippen molar-refractivity contribution in [2.45, 2.75) is 160 Å². The van der Waals surface area contributed by atoms with Crippen molar-refractivity contribution in [3.63, 3.8) is 0 Å². The maximum Gasteiger partial charge on any atom is 0.408 e. The Balaban J connectivity index is 1.21. The van der Waals surface area contributed by atoms with Crippen molar-refractivity contribution in [1.82, 2.24) is 10.6 Å². The summed E-state index contributed by atoms with van der Waals surface area (Å²) in [7, 11) is 0. The van der Waals surface area contributed by atoms with Crippen LogP contribution in [0, 0.1) is 22.7 Å². The Hall–Kier alpha value is -6.95. The van der Waals surface area contributed by atoms with E-state index in [1.54, 1.807) is 69.3 Å². The summed E-state index contributed by atoms with van der Waals surface area (Å²) in [4.78, 5) is 122. The first kappa shape index (κ1) is 57.7. The van der Waals surface area contributed by atoms with Crippen molar-refractivity contribution in [3.8, 4) is 0 Å². The van der Waals surface area contributed by atoms with E-state index in [-0.39, 0.29) is 36.3 Å². The first-order chi connectivity index (χ1) is 36.0. The quantitative estimate of drug-likeness (QED) is 0.0753. The number of hydrogen-bond acceptors (Lipinski definition) is 20. The lowest BCUT2D eigenvalue weighted by atomic mass is 9.44. The van der Waals surface area contributed by atoms with Crippen molar-refractivity contribution in [1.29, 1.82) is 0 Å². The summed E-state index contributed by atoms with van der Waals surface area (Å²) in [5, 5.41) is 42.9. The molecule has 5 aliphatic rings. The van der Waals surface area contributed by atoms with Gasteiger partial charge in [0.25, 0.3) is 0 Å². The molecule has 1 aliphatic heterocycles. The fraction of sp³-hybridized carbons (Fsp3) is 0.574. The summed E-state index contributed by atoms with van der Waals surface area (Å²) < 4.78 is 45.8. The third-order valence-corrected chi connectivity index (χ3v) is 15.4. The molecule has 7 rings (SSSR count). The Morgan fingerprint density at radius 3 is 2.08 bits per heavy atom. The van der Waals surface area contributed by atoms with Crippen molar-refractivity contribution >= 4 is 53.7 Å². The first-order valence-corrected chi connectivity index (χ1v) is 25.3.